The number of anilines is 2. The predicted octanol–water partition coefficient (Wildman–Crippen LogP) is 2.95. The van der Waals surface area contributed by atoms with Crippen molar-refractivity contribution in [2.75, 3.05) is 43.1 Å². The third kappa shape index (κ3) is 5.33. The number of carbonyl (C=O) groups is 1. The third-order valence-corrected chi connectivity index (χ3v) is 3.90. The third-order valence-electron chi connectivity index (χ3n) is 3.90. The number of benzene rings is 1. The van der Waals surface area contributed by atoms with Gasteiger partial charge in [0.05, 0.1) is 30.7 Å². The molecule has 1 saturated heterocycles. The van der Waals surface area contributed by atoms with E-state index in [-0.39, 0.29) is 5.75 Å². The van der Waals surface area contributed by atoms with Crippen molar-refractivity contribution in [1.82, 2.24) is 4.98 Å². The Morgan fingerprint density at radius 2 is 2.00 bits per heavy atom. The van der Waals surface area contributed by atoms with E-state index in [1.54, 1.807) is 12.1 Å². The molecule has 9 heteroatoms. The second kappa shape index (κ2) is 8.26. The van der Waals surface area contributed by atoms with Crippen LogP contribution in [0.5, 0.6) is 5.75 Å². The van der Waals surface area contributed by atoms with Crippen LogP contribution in [0.2, 0.25) is 0 Å². The van der Waals surface area contributed by atoms with Crippen molar-refractivity contribution < 1.29 is 27.4 Å². The van der Waals surface area contributed by atoms with Crippen molar-refractivity contribution in [3.05, 3.63) is 48.2 Å². The molecular formula is C18H18F3N3O3. The topological polar surface area (TPSA) is 63.7 Å². The van der Waals surface area contributed by atoms with Crippen molar-refractivity contribution in [2.45, 2.75) is 6.18 Å². The zero-order chi connectivity index (χ0) is 19.3. The zero-order valence-corrected chi connectivity index (χ0v) is 14.3. The van der Waals surface area contributed by atoms with Crippen molar-refractivity contribution in [3.63, 3.8) is 0 Å². The highest BCUT2D eigenvalue weighted by atomic mass is 19.4. The summed E-state index contributed by atoms with van der Waals surface area (Å²) >= 11 is 0. The summed E-state index contributed by atoms with van der Waals surface area (Å²) in [5.41, 5.74) is -0.354. The van der Waals surface area contributed by atoms with E-state index in [1.807, 2.05) is 0 Å². The number of hydrogen-bond donors (Lipinski definition) is 1. The maximum Gasteiger partial charge on any atom is 0.416 e. The summed E-state index contributed by atoms with van der Waals surface area (Å²) in [6.07, 6.45) is -2.94. The first-order valence-electron chi connectivity index (χ1n) is 8.30. The fourth-order valence-corrected chi connectivity index (χ4v) is 2.55. The zero-order valence-electron chi connectivity index (χ0n) is 14.3. The van der Waals surface area contributed by atoms with Crippen LogP contribution in [-0.4, -0.2) is 43.8 Å². The van der Waals surface area contributed by atoms with E-state index in [0.717, 1.165) is 31.0 Å². The molecule has 1 aromatic carbocycles. The molecule has 0 radical (unpaired) electrons. The molecule has 0 atom stereocenters. The molecule has 0 unspecified atom stereocenters. The van der Waals surface area contributed by atoms with Crippen LogP contribution in [0, 0.1) is 0 Å². The van der Waals surface area contributed by atoms with Gasteiger partial charge in [0.25, 0.3) is 5.91 Å². The lowest BCUT2D eigenvalue weighted by atomic mass is 10.2. The highest BCUT2D eigenvalue weighted by Crippen LogP contribution is 2.31. The molecule has 1 aliphatic heterocycles. The van der Waals surface area contributed by atoms with Crippen molar-refractivity contribution >= 4 is 17.4 Å². The van der Waals surface area contributed by atoms with Crippen molar-refractivity contribution in [2.24, 2.45) is 0 Å². The van der Waals surface area contributed by atoms with Gasteiger partial charge in [-0.2, -0.15) is 13.2 Å². The second-order valence-electron chi connectivity index (χ2n) is 5.87. The molecule has 1 amide bonds. The molecule has 1 aromatic heterocycles. The predicted molar refractivity (Wildman–Crippen MR) is 92.8 cm³/mol. The summed E-state index contributed by atoms with van der Waals surface area (Å²) in [6, 6.07) is 7.88. The van der Waals surface area contributed by atoms with Crippen LogP contribution in [0.25, 0.3) is 0 Å². The molecule has 2 aromatic rings. The number of carbonyl (C=O) groups excluding carboxylic acids is 1. The smallest absolute Gasteiger partial charge is 0.416 e. The lowest BCUT2D eigenvalue weighted by Crippen LogP contribution is -2.36. The molecule has 2 heterocycles. The number of amides is 1. The van der Waals surface area contributed by atoms with E-state index in [4.69, 9.17) is 9.47 Å². The Morgan fingerprint density at radius 1 is 1.22 bits per heavy atom. The minimum absolute atomic E-state index is 0.0271. The maximum atomic E-state index is 12.7. The average molecular weight is 381 g/mol. The molecule has 3 rings (SSSR count). The van der Waals surface area contributed by atoms with Gasteiger partial charge in [0, 0.05) is 13.1 Å². The van der Waals surface area contributed by atoms with Gasteiger partial charge in [0.1, 0.15) is 11.6 Å². The molecule has 0 spiro atoms. The Morgan fingerprint density at radius 3 is 2.67 bits per heavy atom. The molecule has 0 saturated carbocycles. The normalized spacial score (nSPS) is 14.7. The number of alkyl halides is 3. The second-order valence-corrected chi connectivity index (χ2v) is 5.87. The average Bonchev–Trinajstić information content (AvgIpc) is 2.67. The summed E-state index contributed by atoms with van der Waals surface area (Å²) < 4.78 is 48.4. The summed E-state index contributed by atoms with van der Waals surface area (Å²) in [5, 5.41) is 2.60. The van der Waals surface area contributed by atoms with Crippen LogP contribution in [0.1, 0.15) is 5.56 Å². The molecule has 144 valence electrons. The first-order chi connectivity index (χ1) is 12.9. The first kappa shape index (κ1) is 19.0. The van der Waals surface area contributed by atoms with Gasteiger partial charge in [-0.1, -0.05) is 6.07 Å². The molecule has 1 N–H and O–H groups in total. The number of aromatic nitrogens is 1. The van der Waals surface area contributed by atoms with Crippen LogP contribution in [0.15, 0.2) is 42.6 Å². The largest absolute Gasteiger partial charge is 0.484 e. The molecular weight excluding hydrogens is 363 g/mol. The monoisotopic (exact) mass is 381 g/mol. The number of morpholine rings is 1. The Labute approximate surface area is 153 Å². The van der Waals surface area contributed by atoms with Gasteiger partial charge in [-0.25, -0.2) is 4.98 Å². The Hall–Kier alpha value is -2.81. The highest BCUT2D eigenvalue weighted by molar-refractivity contribution is 5.91. The van der Waals surface area contributed by atoms with E-state index >= 15 is 0 Å². The lowest BCUT2D eigenvalue weighted by molar-refractivity contribution is -0.137. The van der Waals surface area contributed by atoms with E-state index in [9.17, 15) is 18.0 Å². The standard InChI is InChI=1S/C18H18F3N3O3/c19-18(20,21)13-2-1-3-15(10-13)27-12-17(25)23-14-4-5-16(22-11-14)24-6-8-26-9-7-24/h1-5,10-11H,6-9,12H2,(H,23,25). The van der Waals surface area contributed by atoms with Gasteiger partial charge in [0.2, 0.25) is 0 Å². The molecule has 1 aliphatic rings. The van der Waals surface area contributed by atoms with Crippen molar-refractivity contribution in [1.29, 1.82) is 0 Å². The summed E-state index contributed by atoms with van der Waals surface area (Å²) in [5.74, 6) is 0.269. The minimum Gasteiger partial charge on any atom is -0.484 e. The Bertz CT molecular complexity index is 775. The molecule has 1 fully saturated rings. The van der Waals surface area contributed by atoms with Gasteiger partial charge >= 0.3 is 6.18 Å². The summed E-state index contributed by atoms with van der Waals surface area (Å²) in [4.78, 5) is 18.3. The van der Waals surface area contributed by atoms with Crippen LogP contribution >= 0.6 is 0 Å². The van der Waals surface area contributed by atoms with Gasteiger partial charge in [0.15, 0.2) is 6.61 Å². The summed E-state index contributed by atoms with van der Waals surface area (Å²) in [7, 11) is 0. The number of rotatable bonds is 5. The van der Waals surface area contributed by atoms with Crippen molar-refractivity contribution in [3.8, 4) is 5.75 Å². The van der Waals surface area contributed by atoms with Gasteiger partial charge in [-0.15, -0.1) is 0 Å². The van der Waals surface area contributed by atoms with E-state index in [2.05, 4.69) is 15.2 Å². The Balaban J connectivity index is 1.52. The van der Waals surface area contributed by atoms with Gasteiger partial charge < -0.3 is 19.7 Å². The van der Waals surface area contributed by atoms with Gasteiger partial charge in [-0.05, 0) is 30.3 Å². The van der Waals surface area contributed by atoms with Crippen LogP contribution < -0.4 is 15.0 Å². The highest BCUT2D eigenvalue weighted by Gasteiger charge is 2.30. The molecule has 0 aliphatic carbocycles. The van der Waals surface area contributed by atoms with E-state index in [0.29, 0.717) is 18.9 Å². The minimum atomic E-state index is -4.46. The van der Waals surface area contributed by atoms with Crippen LogP contribution in [0.4, 0.5) is 24.7 Å². The number of ether oxygens (including phenoxy) is 2. The Kier molecular flexibility index (Phi) is 5.80. The van der Waals surface area contributed by atoms with Gasteiger partial charge in [-0.3, -0.25) is 4.79 Å². The number of hydrogen-bond acceptors (Lipinski definition) is 5. The summed E-state index contributed by atoms with van der Waals surface area (Å²) in [6.45, 7) is 2.39. The SMILES string of the molecule is O=C(COc1cccc(C(F)(F)F)c1)Nc1ccc(N2CCOCC2)nc1. The van der Waals surface area contributed by atoms with E-state index < -0.39 is 24.3 Å². The quantitative estimate of drug-likeness (QED) is 0.863. The van der Waals surface area contributed by atoms with E-state index in [1.165, 1.54) is 18.3 Å². The number of nitrogens with one attached hydrogen (secondary N) is 1. The first-order valence-corrected chi connectivity index (χ1v) is 8.30. The number of pyridine rings is 1. The molecule has 6 nitrogen and oxygen atoms in total. The van der Waals surface area contributed by atoms with Crippen LogP contribution in [0.3, 0.4) is 0 Å². The molecule has 27 heavy (non-hydrogen) atoms. The fraction of sp³-hybridized carbons (Fsp3) is 0.333. The lowest BCUT2D eigenvalue weighted by Gasteiger charge is -2.27. The maximum absolute atomic E-state index is 12.7. The number of nitrogens with zero attached hydrogens (tertiary/aromatic N) is 2. The fourth-order valence-electron chi connectivity index (χ4n) is 2.55. The van der Waals surface area contributed by atoms with Crippen LogP contribution in [-0.2, 0) is 15.7 Å². The molecule has 0 bridgehead atoms. The number of halogens is 3.